The number of rotatable bonds is 11. The molecule has 0 unspecified atom stereocenters. The zero-order valence-corrected chi connectivity index (χ0v) is 17.7. The van der Waals surface area contributed by atoms with Gasteiger partial charge in [-0.1, -0.05) is 0 Å². The molecular weight excluding hydrogens is 405 g/mol. The summed E-state index contributed by atoms with van der Waals surface area (Å²) < 4.78 is 39.9. The molecule has 0 spiro atoms. The van der Waals surface area contributed by atoms with E-state index in [0.29, 0.717) is 17.7 Å². The van der Waals surface area contributed by atoms with Crippen molar-refractivity contribution in [3.8, 4) is 0 Å². The maximum Gasteiger partial charge on any atom is 0.510 e. The molecule has 13 heteroatoms. The van der Waals surface area contributed by atoms with E-state index in [1.54, 1.807) is 38.6 Å². The summed E-state index contributed by atoms with van der Waals surface area (Å²) in [5.41, 5.74) is 6.83. The molecule has 0 aliphatic heterocycles. The minimum atomic E-state index is -3.64. The van der Waals surface area contributed by atoms with Crippen molar-refractivity contribution in [2.24, 2.45) is 0 Å². The van der Waals surface area contributed by atoms with E-state index >= 15 is 0 Å². The summed E-state index contributed by atoms with van der Waals surface area (Å²) >= 11 is 0. The van der Waals surface area contributed by atoms with Gasteiger partial charge in [0.1, 0.15) is 18.2 Å². The molecule has 162 valence electrons. The molecule has 2 N–H and O–H groups in total. The molecule has 0 saturated heterocycles. The van der Waals surface area contributed by atoms with E-state index in [1.165, 1.54) is 6.33 Å². The smallest absolute Gasteiger partial charge is 0.432 e. The summed E-state index contributed by atoms with van der Waals surface area (Å²) in [5, 5.41) is 0. The molecule has 29 heavy (non-hydrogen) atoms. The first-order chi connectivity index (χ1) is 13.7. The first-order valence-corrected chi connectivity index (χ1v) is 10.7. The fourth-order valence-corrected chi connectivity index (χ4v) is 3.54. The molecule has 0 fully saturated rings. The largest absolute Gasteiger partial charge is 0.510 e. The van der Waals surface area contributed by atoms with Gasteiger partial charge in [0.05, 0.1) is 31.7 Å². The third-order valence-corrected chi connectivity index (χ3v) is 5.10. The molecule has 0 aliphatic carbocycles. The van der Waals surface area contributed by atoms with Gasteiger partial charge in [-0.25, -0.2) is 19.7 Å². The number of fused-ring (bicyclic) bond motifs is 1. The number of nitrogens with two attached hydrogens (primary N) is 1. The Hall–Kier alpha value is -2.27. The molecule has 0 saturated carbocycles. The van der Waals surface area contributed by atoms with Gasteiger partial charge in [-0.3, -0.25) is 9.09 Å². The number of carbonyl (C=O) groups excluding carboxylic acids is 1. The van der Waals surface area contributed by atoms with Crippen LogP contribution >= 0.6 is 7.60 Å². The van der Waals surface area contributed by atoms with Crippen molar-refractivity contribution in [1.29, 1.82) is 0 Å². The van der Waals surface area contributed by atoms with Crippen LogP contribution in [0.5, 0.6) is 0 Å². The lowest BCUT2D eigenvalue weighted by Crippen LogP contribution is -2.19. The quantitative estimate of drug-likeness (QED) is 0.317. The van der Waals surface area contributed by atoms with E-state index in [-0.39, 0.29) is 31.0 Å². The van der Waals surface area contributed by atoms with Crippen LogP contribution in [-0.4, -0.2) is 57.6 Å². The molecule has 0 aliphatic rings. The van der Waals surface area contributed by atoms with Crippen LogP contribution in [0, 0.1) is 0 Å². The van der Waals surface area contributed by atoms with Crippen molar-refractivity contribution in [3.63, 3.8) is 0 Å². The molecule has 12 nitrogen and oxygen atoms in total. The van der Waals surface area contributed by atoms with Crippen LogP contribution in [0.25, 0.3) is 11.2 Å². The van der Waals surface area contributed by atoms with Crippen molar-refractivity contribution in [2.45, 2.75) is 46.4 Å². The highest BCUT2D eigenvalue weighted by Crippen LogP contribution is 2.48. The maximum absolute atomic E-state index is 12.7. The predicted octanol–water partition coefficient (Wildman–Crippen LogP) is 2.54. The number of imidazole rings is 1. The van der Waals surface area contributed by atoms with Crippen molar-refractivity contribution in [2.75, 3.05) is 25.5 Å². The SMILES string of the molecule is CCO[P@@](=O)(CO[C@H](C)Cn1cnc2c(N)ncnc21)OCOC(=O)OC(C)C. The van der Waals surface area contributed by atoms with Crippen molar-refractivity contribution in [3.05, 3.63) is 12.7 Å². The first kappa shape index (κ1) is 23.0. The molecule has 0 aromatic carbocycles. The number of anilines is 1. The van der Waals surface area contributed by atoms with Crippen LogP contribution in [0.4, 0.5) is 10.6 Å². The minimum Gasteiger partial charge on any atom is -0.432 e. The van der Waals surface area contributed by atoms with Crippen LogP contribution in [0.2, 0.25) is 0 Å². The summed E-state index contributed by atoms with van der Waals surface area (Å²) in [6.07, 6.45) is 0.947. The van der Waals surface area contributed by atoms with E-state index in [1.807, 2.05) is 0 Å². The number of aromatic nitrogens is 4. The van der Waals surface area contributed by atoms with Crippen LogP contribution < -0.4 is 5.73 Å². The Kier molecular flexibility index (Phi) is 8.32. The number of nitrogen functional groups attached to an aromatic ring is 1. The summed E-state index contributed by atoms with van der Waals surface area (Å²) in [5.74, 6) is 0.285. The topological polar surface area (TPSA) is 150 Å². The zero-order valence-electron chi connectivity index (χ0n) is 16.8. The molecule has 2 aromatic rings. The molecule has 0 bridgehead atoms. The summed E-state index contributed by atoms with van der Waals surface area (Å²) in [4.78, 5) is 23.6. The zero-order chi connectivity index (χ0) is 21.4. The van der Waals surface area contributed by atoms with Crippen LogP contribution in [0.1, 0.15) is 27.7 Å². The van der Waals surface area contributed by atoms with Crippen molar-refractivity contribution < 1.29 is 32.6 Å². The molecule has 0 amide bonds. The van der Waals surface area contributed by atoms with E-state index < -0.39 is 20.5 Å². The van der Waals surface area contributed by atoms with E-state index in [4.69, 9.17) is 29.0 Å². The number of carbonyl (C=O) groups is 1. The van der Waals surface area contributed by atoms with Gasteiger partial charge in [-0.05, 0) is 27.7 Å². The standard InChI is InChI=1S/C16H26N5O7P/c1-5-26-29(23,27-9-24-16(22)28-11(2)3)10-25-12(4)6-21-8-20-13-14(17)18-7-19-15(13)21/h7-8,11-12H,5-6,9-10H2,1-4H3,(H2,17,18,19)/t12-,29+/m1/s1. The van der Waals surface area contributed by atoms with Crippen molar-refractivity contribution in [1.82, 2.24) is 19.5 Å². The van der Waals surface area contributed by atoms with Crippen LogP contribution in [0.3, 0.4) is 0 Å². The van der Waals surface area contributed by atoms with E-state index in [0.717, 1.165) is 0 Å². The van der Waals surface area contributed by atoms with Crippen molar-refractivity contribution >= 4 is 30.7 Å². The second kappa shape index (κ2) is 10.5. The third kappa shape index (κ3) is 6.93. The molecule has 2 aromatic heterocycles. The number of nitrogens with zero attached hydrogens (tertiary/aromatic N) is 4. The predicted molar refractivity (Wildman–Crippen MR) is 103 cm³/mol. The van der Waals surface area contributed by atoms with E-state index in [2.05, 4.69) is 15.0 Å². The molecule has 2 atom stereocenters. The Morgan fingerprint density at radius 3 is 2.69 bits per heavy atom. The number of hydrogen-bond acceptors (Lipinski definition) is 11. The van der Waals surface area contributed by atoms with Gasteiger partial charge in [-0.15, -0.1) is 0 Å². The second-order valence-corrected chi connectivity index (χ2v) is 8.27. The third-order valence-electron chi connectivity index (χ3n) is 3.48. The molecule has 0 radical (unpaired) electrons. The Morgan fingerprint density at radius 2 is 2.00 bits per heavy atom. The number of ether oxygens (including phenoxy) is 3. The molecule has 2 heterocycles. The Bertz CT molecular complexity index is 859. The average Bonchev–Trinajstić information content (AvgIpc) is 3.04. The Labute approximate surface area is 168 Å². The van der Waals surface area contributed by atoms with Gasteiger partial charge >= 0.3 is 13.8 Å². The fourth-order valence-electron chi connectivity index (χ4n) is 2.27. The van der Waals surface area contributed by atoms with Gasteiger partial charge in [-0.2, -0.15) is 0 Å². The molecular formula is C16H26N5O7P. The van der Waals surface area contributed by atoms with Gasteiger partial charge < -0.3 is 29.0 Å². The summed E-state index contributed by atoms with van der Waals surface area (Å²) in [6.45, 7) is 6.71. The van der Waals surface area contributed by atoms with Crippen LogP contribution in [0.15, 0.2) is 12.7 Å². The second-order valence-electron chi connectivity index (χ2n) is 6.27. The molecule has 2 rings (SSSR count). The lowest BCUT2D eigenvalue weighted by atomic mass is 10.4. The Balaban J connectivity index is 1.88. The maximum atomic E-state index is 12.7. The lowest BCUT2D eigenvalue weighted by molar-refractivity contribution is -0.0177. The Morgan fingerprint density at radius 1 is 1.24 bits per heavy atom. The first-order valence-electron chi connectivity index (χ1n) is 8.98. The monoisotopic (exact) mass is 431 g/mol. The van der Waals surface area contributed by atoms with Gasteiger partial charge in [0.15, 0.2) is 11.5 Å². The highest BCUT2D eigenvalue weighted by Gasteiger charge is 2.27. The lowest BCUT2D eigenvalue weighted by Gasteiger charge is -2.20. The minimum absolute atomic E-state index is 0.133. The fraction of sp³-hybridized carbons (Fsp3) is 0.625. The van der Waals surface area contributed by atoms with Crippen LogP contribution in [-0.2, 0) is 34.4 Å². The highest BCUT2D eigenvalue weighted by molar-refractivity contribution is 7.53. The summed E-state index contributed by atoms with van der Waals surface area (Å²) in [6, 6.07) is 0. The summed E-state index contributed by atoms with van der Waals surface area (Å²) in [7, 11) is -3.64. The van der Waals surface area contributed by atoms with Gasteiger partial charge in [0.2, 0.25) is 6.79 Å². The van der Waals surface area contributed by atoms with Gasteiger partial charge in [0, 0.05) is 0 Å². The average molecular weight is 431 g/mol. The van der Waals surface area contributed by atoms with E-state index in [9.17, 15) is 9.36 Å². The van der Waals surface area contributed by atoms with Gasteiger partial charge in [0.25, 0.3) is 0 Å². The number of hydrogen-bond donors (Lipinski definition) is 1. The normalized spacial score (nSPS) is 14.7. The highest BCUT2D eigenvalue weighted by atomic mass is 31.2.